The zero-order valence-corrected chi connectivity index (χ0v) is 29.8. The zero-order valence-electron chi connectivity index (χ0n) is 29.8. The number of hydrogen-bond acceptors (Lipinski definition) is 21. The summed E-state index contributed by atoms with van der Waals surface area (Å²) in [6.45, 7) is -1.47. The van der Waals surface area contributed by atoms with Crippen molar-refractivity contribution in [1.82, 2.24) is 0 Å². The number of ether oxygens (including phenoxy) is 7. The van der Waals surface area contributed by atoms with Crippen molar-refractivity contribution in [2.24, 2.45) is 11.8 Å². The Bertz CT molecular complexity index is 1360. The van der Waals surface area contributed by atoms with Crippen molar-refractivity contribution in [3.05, 3.63) is 0 Å². The molecular weight excluding hydrogens is 764 g/mol. The molecule has 5 fully saturated rings. The lowest BCUT2D eigenvalue weighted by atomic mass is 9.72. The van der Waals surface area contributed by atoms with Crippen LogP contribution in [0.3, 0.4) is 0 Å². The van der Waals surface area contributed by atoms with Crippen LogP contribution >= 0.6 is 0 Å². The van der Waals surface area contributed by atoms with Gasteiger partial charge in [0.15, 0.2) is 12.6 Å². The number of esters is 2. The second-order valence-electron chi connectivity index (χ2n) is 14.9. The van der Waals surface area contributed by atoms with E-state index < -0.39 is 172 Å². The average Bonchev–Trinajstić information content (AvgIpc) is 3.12. The number of fused-ring (bicyclic) bond motifs is 1. The van der Waals surface area contributed by atoms with Crippen LogP contribution in [0, 0.1) is 11.8 Å². The van der Waals surface area contributed by atoms with Crippen molar-refractivity contribution in [3.8, 4) is 0 Å². The first-order valence-corrected chi connectivity index (χ1v) is 18.2. The van der Waals surface area contributed by atoms with Crippen molar-refractivity contribution in [2.75, 3.05) is 13.2 Å². The maximum absolute atomic E-state index is 11.9. The molecule has 0 aromatic rings. The molecule has 0 radical (unpaired) electrons. The highest BCUT2D eigenvalue weighted by Crippen LogP contribution is 2.45. The van der Waals surface area contributed by atoms with E-state index in [4.69, 9.17) is 43.4 Å². The molecule has 23 heteroatoms. The van der Waals surface area contributed by atoms with E-state index in [-0.39, 0.29) is 32.1 Å². The van der Waals surface area contributed by atoms with E-state index in [1.165, 1.54) is 0 Å². The van der Waals surface area contributed by atoms with E-state index in [9.17, 15) is 70.2 Å². The molecule has 23 nitrogen and oxygen atoms in total. The Morgan fingerprint density at radius 1 is 0.518 bits per heavy atom. The minimum absolute atomic E-state index is 0.0308. The van der Waals surface area contributed by atoms with Crippen molar-refractivity contribution < 1.29 is 114 Å². The molecule has 8 unspecified atom stereocenters. The number of rotatable bonds is 13. The van der Waals surface area contributed by atoms with Crippen LogP contribution in [0.1, 0.15) is 44.9 Å². The molecule has 0 aromatic carbocycles. The Morgan fingerprint density at radius 2 is 0.982 bits per heavy atom. The van der Waals surface area contributed by atoms with Gasteiger partial charge in [0.1, 0.15) is 81.0 Å². The van der Waals surface area contributed by atoms with Gasteiger partial charge in [0.2, 0.25) is 0 Å². The largest absolute Gasteiger partial charge is 0.481 e. The second-order valence-corrected chi connectivity index (χ2v) is 14.9. The summed E-state index contributed by atoms with van der Waals surface area (Å²) >= 11 is 0. The number of aliphatic carboxylic acids is 2. The summed E-state index contributed by atoms with van der Waals surface area (Å²) in [7, 11) is 0. The molecule has 320 valence electrons. The third-order valence-corrected chi connectivity index (χ3v) is 10.9. The van der Waals surface area contributed by atoms with Crippen LogP contribution in [0.25, 0.3) is 0 Å². The Balaban J connectivity index is 1.36. The zero-order chi connectivity index (χ0) is 41.2. The van der Waals surface area contributed by atoms with E-state index in [0.29, 0.717) is 0 Å². The molecule has 12 N–H and O–H groups in total. The molecule has 0 amide bonds. The van der Waals surface area contributed by atoms with E-state index >= 15 is 0 Å². The van der Waals surface area contributed by atoms with Gasteiger partial charge in [-0.1, -0.05) is 0 Å². The van der Waals surface area contributed by atoms with Gasteiger partial charge in [-0.15, -0.1) is 0 Å². The number of carbonyl (C=O) groups excluding carboxylic acids is 2. The van der Waals surface area contributed by atoms with Gasteiger partial charge in [-0.05, 0) is 31.6 Å². The van der Waals surface area contributed by atoms with E-state index in [1.54, 1.807) is 0 Å². The average molecular weight is 815 g/mol. The maximum atomic E-state index is 11.9. The second kappa shape index (κ2) is 18.9. The number of aliphatic hydroxyl groups excluding tert-OH is 10. The third-order valence-electron chi connectivity index (χ3n) is 10.9. The van der Waals surface area contributed by atoms with E-state index in [1.807, 2.05) is 0 Å². The van der Waals surface area contributed by atoms with Crippen molar-refractivity contribution >= 4 is 23.9 Å². The van der Waals surface area contributed by atoms with Crippen LogP contribution in [-0.4, -0.2) is 209 Å². The van der Waals surface area contributed by atoms with Gasteiger partial charge >= 0.3 is 23.9 Å². The van der Waals surface area contributed by atoms with Gasteiger partial charge < -0.3 is 94.4 Å². The standard InChI is InChI=1S/C33H50O23/c34-11-3-15-12(16(4-11)53-32-29(48)27(46)25(44)18(55-32)8-50-22(41)6-20(37)38)5-17(31(52-15)10-1-13(35)24(43)14(36)2-10)54-33-30(49)28(47)26(45)19(56-33)9-51-23(42)7-21(39)40/h10-19,24-36,43-49H,1-9H2,(H,37,38)(H,39,40)/t10?,11?,12?,13?,14?,15?,16?,17?,18-,19-,24?,25-,26-,27+,28+,29-,30-,31?,32-,33-/m1/s1. The summed E-state index contributed by atoms with van der Waals surface area (Å²) < 4.78 is 39.8. The molecule has 0 bridgehead atoms. The number of carbonyl (C=O) groups is 4. The van der Waals surface area contributed by atoms with E-state index in [0.717, 1.165) is 0 Å². The van der Waals surface area contributed by atoms with E-state index in [2.05, 4.69) is 0 Å². The SMILES string of the molecule is O=C(O)CC(=O)OC[C@H]1O[C@@H](OC2CC(O)CC3OC(C4CC(O)C(O)C(O)C4)C(O[C@@H]4O[C@H](COC(=O)CC(=O)O)[C@@H](O)[C@H](O)[C@H]4O)CC32)[C@H](O)[C@@H](O)[C@@H]1O. The molecule has 2 saturated carbocycles. The molecule has 3 heterocycles. The van der Waals surface area contributed by atoms with Crippen LogP contribution in [0.2, 0.25) is 0 Å². The summed E-state index contributed by atoms with van der Waals surface area (Å²) in [4.78, 5) is 45.4. The fourth-order valence-corrected chi connectivity index (χ4v) is 7.97. The summed E-state index contributed by atoms with van der Waals surface area (Å²) in [5.74, 6) is -6.79. The van der Waals surface area contributed by atoms with Crippen LogP contribution < -0.4 is 0 Å². The fourth-order valence-electron chi connectivity index (χ4n) is 7.97. The predicted octanol–water partition coefficient (Wildman–Crippen LogP) is -6.17. The molecule has 3 aliphatic heterocycles. The van der Waals surface area contributed by atoms with Gasteiger partial charge in [0.05, 0.1) is 42.7 Å². The van der Waals surface area contributed by atoms with Crippen LogP contribution in [-0.2, 0) is 52.3 Å². The van der Waals surface area contributed by atoms with Crippen molar-refractivity contribution in [1.29, 1.82) is 0 Å². The molecular formula is C33H50O23. The van der Waals surface area contributed by atoms with Gasteiger partial charge in [-0.2, -0.15) is 0 Å². The highest BCUT2D eigenvalue weighted by molar-refractivity contribution is 5.90. The lowest BCUT2D eigenvalue weighted by Gasteiger charge is -2.52. The van der Waals surface area contributed by atoms with Crippen LogP contribution in [0.15, 0.2) is 0 Å². The smallest absolute Gasteiger partial charge is 0.317 e. The molecule has 5 rings (SSSR count). The molecule has 56 heavy (non-hydrogen) atoms. The molecule has 5 aliphatic rings. The Kier molecular flexibility index (Phi) is 15.0. The highest BCUT2D eigenvalue weighted by Gasteiger charge is 2.55. The van der Waals surface area contributed by atoms with Crippen LogP contribution in [0.5, 0.6) is 0 Å². The van der Waals surface area contributed by atoms with Gasteiger partial charge in [0, 0.05) is 12.3 Å². The Labute approximate surface area is 317 Å². The third kappa shape index (κ3) is 10.5. The number of hydrogen-bond donors (Lipinski definition) is 12. The first-order chi connectivity index (χ1) is 26.3. The molecule has 3 saturated heterocycles. The first-order valence-electron chi connectivity index (χ1n) is 18.2. The highest BCUT2D eigenvalue weighted by atomic mass is 16.7. The lowest BCUT2D eigenvalue weighted by molar-refractivity contribution is -0.345. The monoisotopic (exact) mass is 814 g/mol. The summed E-state index contributed by atoms with van der Waals surface area (Å²) in [6, 6.07) is 0. The molecule has 0 spiro atoms. The summed E-state index contributed by atoms with van der Waals surface area (Å²) in [5.41, 5.74) is 0. The predicted molar refractivity (Wildman–Crippen MR) is 172 cm³/mol. The topological polar surface area (TPSA) is 376 Å². The summed E-state index contributed by atoms with van der Waals surface area (Å²) in [6.07, 6.45) is -29.5. The van der Waals surface area contributed by atoms with Gasteiger partial charge in [-0.25, -0.2) is 0 Å². The maximum Gasteiger partial charge on any atom is 0.317 e. The minimum Gasteiger partial charge on any atom is -0.481 e. The number of carboxylic acids is 2. The minimum atomic E-state index is -1.93. The number of carboxylic acid groups (broad SMARTS) is 2. The summed E-state index contributed by atoms with van der Waals surface area (Å²) in [5, 5.41) is 124. The molecule has 18 atom stereocenters. The fraction of sp³-hybridized carbons (Fsp3) is 0.879. The molecule has 0 aromatic heterocycles. The number of aliphatic hydroxyl groups is 10. The normalized spacial score (nSPS) is 45.6. The first kappa shape index (κ1) is 44.4. The molecule has 2 aliphatic carbocycles. The Hall–Kier alpha value is -2.72. The lowest BCUT2D eigenvalue weighted by Crippen LogP contribution is -2.63. The van der Waals surface area contributed by atoms with Gasteiger partial charge in [0.25, 0.3) is 0 Å². The van der Waals surface area contributed by atoms with Gasteiger partial charge in [-0.3, -0.25) is 19.2 Å². The van der Waals surface area contributed by atoms with Crippen molar-refractivity contribution in [3.63, 3.8) is 0 Å². The Morgan fingerprint density at radius 3 is 1.45 bits per heavy atom. The van der Waals surface area contributed by atoms with Crippen LogP contribution in [0.4, 0.5) is 0 Å². The van der Waals surface area contributed by atoms with Crippen molar-refractivity contribution in [2.45, 2.75) is 155 Å². The quantitative estimate of drug-likeness (QED) is 0.0608.